The lowest BCUT2D eigenvalue weighted by molar-refractivity contribution is -0.385. The fourth-order valence-electron chi connectivity index (χ4n) is 2.18. The molecule has 0 aliphatic carbocycles. The molecule has 0 spiro atoms. The number of rotatable bonds is 6. The van der Waals surface area contributed by atoms with Crippen LogP contribution in [0, 0.1) is 17.0 Å². The number of aliphatic hydroxyl groups is 1. The quantitative estimate of drug-likeness (QED) is 0.632. The normalized spacial score (nSPS) is 10.3. The SMILES string of the molecule is Cc1ccc(C(=O)NCCc2ccc(CO)cc2)cc1[N+](=O)[O-]. The van der Waals surface area contributed by atoms with Crippen LogP contribution >= 0.6 is 0 Å². The van der Waals surface area contributed by atoms with Crippen molar-refractivity contribution in [2.75, 3.05) is 6.54 Å². The first-order valence-electron chi connectivity index (χ1n) is 7.23. The van der Waals surface area contributed by atoms with E-state index in [4.69, 9.17) is 5.11 Å². The molecule has 6 heteroatoms. The van der Waals surface area contributed by atoms with Crippen LogP contribution in [0.5, 0.6) is 0 Å². The van der Waals surface area contributed by atoms with Gasteiger partial charge in [0.25, 0.3) is 11.6 Å². The zero-order valence-electron chi connectivity index (χ0n) is 12.8. The van der Waals surface area contributed by atoms with E-state index in [-0.39, 0.29) is 23.8 Å². The number of aryl methyl sites for hydroxylation is 1. The molecule has 0 atom stereocenters. The van der Waals surface area contributed by atoms with Gasteiger partial charge in [-0.2, -0.15) is 0 Å². The second-order valence-electron chi connectivity index (χ2n) is 5.24. The molecule has 2 aromatic rings. The van der Waals surface area contributed by atoms with Gasteiger partial charge in [-0.1, -0.05) is 30.3 Å². The standard InChI is InChI=1S/C17H18N2O4/c1-12-2-7-15(10-16(12)19(22)23)17(21)18-9-8-13-3-5-14(11-20)6-4-13/h2-7,10,20H,8-9,11H2,1H3,(H,18,21). The largest absolute Gasteiger partial charge is 0.392 e. The first-order valence-corrected chi connectivity index (χ1v) is 7.23. The molecule has 0 aliphatic heterocycles. The van der Waals surface area contributed by atoms with Crippen LogP contribution in [-0.2, 0) is 13.0 Å². The summed E-state index contributed by atoms with van der Waals surface area (Å²) in [6.07, 6.45) is 0.644. The summed E-state index contributed by atoms with van der Waals surface area (Å²) >= 11 is 0. The molecule has 0 aliphatic rings. The minimum atomic E-state index is -0.491. The van der Waals surface area contributed by atoms with Crippen LogP contribution in [0.15, 0.2) is 42.5 Å². The van der Waals surface area contributed by atoms with Crippen molar-refractivity contribution in [2.45, 2.75) is 20.0 Å². The van der Waals surface area contributed by atoms with E-state index >= 15 is 0 Å². The molecule has 0 saturated carbocycles. The fourth-order valence-corrected chi connectivity index (χ4v) is 2.18. The molecule has 0 radical (unpaired) electrons. The van der Waals surface area contributed by atoms with Gasteiger partial charge < -0.3 is 10.4 Å². The number of hydrogen-bond donors (Lipinski definition) is 2. The Kier molecular flexibility index (Phi) is 5.43. The van der Waals surface area contributed by atoms with Gasteiger partial charge in [-0.3, -0.25) is 14.9 Å². The van der Waals surface area contributed by atoms with Crippen LogP contribution in [-0.4, -0.2) is 22.5 Å². The first kappa shape index (κ1) is 16.6. The first-order chi connectivity index (χ1) is 11.0. The van der Waals surface area contributed by atoms with Crippen molar-refractivity contribution in [3.8, 4) is 0 Å². The maximum atomic E-state index is 12.1. The summed E-state index contributed by atoms with van der Waals surface area (Å²) in [4.78, 5) is 22.5. The van der Waals surface area contributed by atoms with E-state index in [0.717, 1.165) is 11.1 Å². The van der Waals surface area contributed by atoms with E-state index in [0.29, 0.717) is 18.5 Å². The maximum Gasteiger partial charge on any atom is 0.273 e. The average molecular weight is 314 g/mol. The molecule has 2 N–H and O–H groups in total. The third-order valence-electron chi connectivity index (χ3n) is 3.57. The Balaban J connectivity index is 1.94. The van der Waals surface area contributed by atoms with Crippen LogP contribution in [0.4, 0.5) is 5.69 Å². The average Bonchev–Trinajstić information content (AvgIpc) is 2.55. The summed E-state index contributed by atoms with van der Waals surface area (Å²) in [7, 11) is 0. The van der Waals surface area contributed by atoms with Gasteiger partial charge in [0.15, 0.2) is 0 Å². The zero-order valence-corrected chi connectivity index (χ0v) is 12.8. The van der Waals surface area contributed by atoms with Crippen LogP contribution < -0.4 is 5.32 Å². The third kappa shape index (κ3) is 4.37. The summed E-state index contributed by atoms with van der Waals surface area (Å²) in [5.74, 6) is -0.333. The number of nitro benzene ring substituents is 1. The summed E-state index contributed by atoms with van der Waals surface area (Å²) in [6.45, 7) is 2.07. The third-order valence-corrected chi connectivity index (χ3v) is 3.57. The monoisotopic (exact) mass is 314 g/mol. The Morgan fingerprint density at radius 3 is 2.43 bits per heavy atom. The Labute approximate surface area is 133 Å². The number of amides is 1. The van der Waals surface area contributed by atoms with Crippen molar-refractivity contribution >= 4 is 11.6 Å². The highest BCUT2D eigenvalue weighted by molar-refractivity contribution is 5.94. The number of benzene rings is 2. The van der Waals surface area contributed by atoms with E-state index in [2.05, 4.69) is 5.32 Å². The lowest BCUT2D eigenvalue weighted by Gasteiger charge is -2.07. The van der Waals surface area contributed by atoms with E-state index in [9.17, 15) is 14.9 Å². The predicted octanol–water partition coefficient (Wildman–Crippen LogP) is 2.37. The van der Waals surface area contributed by atoms with Crippen molar-refractivity contribution < 1.29 is 14.8 Å². The van der Waals surface area contributed by atoms with Crippen LogP contribution in [0.25, 0.3) is 0 Å². The number of carbonyl (C=O) groups is 1. The number of aliphatic hydroxyl groups excluding tert-OH is 1. The highest BCUT2D eigenvalue weighted by Crippen LogP contribution is 2.19. The number of hydrogen-bond acceptors (Lipinski definition) is 4. The van der Waals surface area contributed by atoms with Gasteiger partial charge in [0, 0.05) is 23.7 Å². The molecule has 0 heterocycles. The second kappa shape index (κ2) is 7.51. The number of nitro groups is 1. The Morgan fingerprint density at radius 1 is 1.17 bits per heavy atom. The van der Waals surface area contributed by atoms with Crippen molar-refractivity contribution in [1.82, 2.24) is 5.32 Å². The zero-order chi connectivity index (χ0) is 16.8. The Bertz CT molecular complexity index is 711. The molecular formula is C17H18N2O4. The van der Waals surface area contributed by atoms with Gasteiger partial charge in [0.2, 0.25) is 0 Å². The molecule has 0 unspecified atom stereocenters. The molecule has 0 aromatic heterocycles. The molecule has 2 aromatic carbocycles. The Morgan fingerprint density at radius 2 is 1.83 bits per heavy atom. The number of nitrogens with one attached hydrogen (secondary N) is 1. The summed E-state index contributed by atoms with van der Waals surface area (Å²) in [5.41, 5.74) is 2.62. The van der Waals surface area contributed by atoms with Gasteiger partial charge >= 0.3 is 0 Å². The summed E-state index contributed by atoms with van der Waals surface area (Å²) < 4.78 is 0. The van der Waals surface area contributed by atoms with E-state index in [1.165, 1.54) is 6.07 Å². The van der Waals surface area contributed by atoms with E-state index in [1.54, 1.807) is 19.1 Å². The molecule has 120 valence electrons. The van der Waals surface area contributed by atoms with Gasteiger partial charge in [-0.25, -0.2) is 0 Å². The Hall–Kier alpha value is -2.73. The molecule has 2 rings (SSSR count). The molecule has 0 fully saturated rings. The fraction of sp³-hybridized carbons (Fsp3) is 0.235. The smallest absolute Gasteiger partial charge is 0.273 e. The number of carbonyl (C=O) groups excluding carboxylic acids is 1. The van der Waals surface area contributed by atoms with Crippen LogP contribution in [0.1, 0.15) is 27.0 Å². The van der Waals surface area contributed by atoms with Crippen LogP contribution in [0.2, 0.25) is 0 Å². The summed E-state index contributed by atoms with van der Waals surface area (Å²) in [6, 6.07) is 11.9. The second-order valence-corrected chi connectivity index (χ2v) is 5.24. The predicted molar refractivity (Wildman–Crippen MR) is 86.2 cm³/mol. The minimum Gasteiger partial charge on any atom is -0.392 e. The summed E-state index contributed by atoms with van der Waals surface area (Å²) in [5, 5.41) is 22.6. The van der Waals surface area contributed by atoms with Crippen molar-refractivity contribution in [2.24, 2.45) is 0 Å². The van der Waals surface area contributed by atoms with Crippen molar-refractivity contribution in [1.29, 1.82) is 0 Å². The minimum absolute atomic E-state index is 0.00319. The van der Waals surface area contributed by atoms with E-state index < -0.39 is 4.92 Å². The highest BCUT2D eigenvalue weighted by atomic mass is 16.6. The molecule has 6 nitrogen and oxygen atoms in total. The van der Waals surface area contributed by atoms with Crippen molar-refractivity contribution in [3.63, 3.8) is 0 Å². The van der Waals surface area contributed by atoms with Gasteiger partial charge in [-0.15, -0.1) is 0 Å². The molecule has 0 bridgehead atoms. The molecule has 0 saturated heterocycles. The van der Waals surface area contributed by atoms with Crippen molar-refractivity contribution in [3.05, 3.63) is 74.8 Å². The lowest BCUT2D eigenvalue weighted by atomic mass is 10.1. The molecular weight excluding hydrogens is 296 g/mol. The lowest BCUT2D eigenvalue weighted by Crippen LogP contribution is -2.25. The molecule has 23 heavy (non-hydrogen) atoms. The topological polar surface area (TPSA) is 92.5 Å². The van der Waals surface area contributed by atoms with Gasteiger partial charge in [0.05, 0.1) is 11.5 Å². The number of nitrogens with zero attached hydrogens (tertiary/aromatic N) is 1. The van der Waals surface area contributed by atoms with Gasteiger partial charge in [0.1, 0.15) is 0 Å². The van der Waals surface area contributed by atoms with Crippen LogP contribution in [0.3, 0.4) is 0 Å². The molecule has 1 amide bonds. The highest BCUT2D eigenvalue weighted by Gasteiger charge is 2.14. The van der Waals surface area contributed by atoms with Gasteiger partial charge in [-0.05, 0) is 30.5 Å². The maximum absolute atomic E-state index is 12.1. The van der Waals surface area contributed by atoms with E-state index in [1.807, 2.05) is 24.3 Å².